The van der Waals surface area contributed by atoms with Crippen LogP contribution in [0.15, 0.2) is 54.6 Å². The first-order chi connectivity index (χ1) is 12.5. The molecule has 0 saturated carbocycles. The SMILES string of the molecule is CC(NC1CCN(C(=O)c2ccc(Cl)cc2)CC1)C(O)c1ccccc1. The standard InChI is InChI=1S/C21H25ClN2O2/c1-15(20(25)16-5-3-2-4-6-16)23-19-11-13-24(14-12-19)21(26)17-7-9-18(22)10-8-17/h2-10,15,19-20,23,25H,11-14H2,1H3. The minimum absolute atomic E-state index is 0.0408. The molecule has 1 saturated heterocycles. The van der Waals surface area contributed by atoms with Crippen LogP contribution in [0.3, 0.4) is 0 Å². The number of carbonyl (C=O) groups is 1. The Morgan fingerprint density at radius 1 is 1.12 bits per heavy atom. The maximum absolute atomic E-state index is 12.6. The maximum Gasteiger partial charge on any atom is 0.253 e. The largest absolute Gasteiger partial charge is 0.387 e. The molecule has 26 heavy (non-hydrogen) atoms. The van der Waals surface area contributed by atoms with E-state index in [9.17, 15) is 9.90 Å². The van der Waals surface area contributed by atoms with Crippen molar-refractivity contribution >= 4 is 17.5 Å². The number of nitrogens with zero attached hydrogens (tertiary/aromatic N) is 1. The van der Waals surface area contributed by atoms with E-state index in [1.54, 1.807) is 24.3 Å². The average molecular weight is 373 g/mol. The quantitative estimate of drug-likeness (QED) is 0.842. The van der Waals surface area contributed by atoms with Gasteiger partial charge in [-0.15, -0.1) is 0 Å². The number of piperidine rings is 1. The molecule has 0 bridgehead atoms. The second-order valence-electron chi connectivity index (χ2n) is 6.88. The third-order valence-electron chi connectivity index (χ3n) is 4.99. The highest BCUT2D eigenvalue weighted by molar-refractivity contribution is 6.30. The Kier molecular flexibility index (Phi) is 6.30. The molecule has 2 atom stereocenters. The lowest BCUT2D eigenvalue weighted by molar-refractivity contribution is 0.0682. The van der Waals surface area contributed by atoms with E-state index in [0.717, 1.165) is 18.4 Å². The topological polar surface area (TPSA) is 52.6 Å². The first-order valence-electron chi connectivity index (χ1n) is 9.08. The monoisotopic (exact) mass is 372 g/mol. The van der Waals surface area contributed by atoms with Crippen molar-refractivity contribution in [1.82, 2.24) is 10.2 Å². The Bertz CT molecular complexity index is 713. The first-order valence-corrected chi connectivity index (χ1v) is 9.46. The summed E-state index contributed by atoms with van der Waals surface area (Å²) in [5.74, 6) is 0.0532. The molecule has 2 N–H and O–H groups in total. The molecular formula is C21H25ClN2O2. The number of nitrogens with one attached hydrogen (secondary N) is 1. The van der Waals surface area contributed by atoms with Crippen LogP contribution >= 0.6 is 11.6 Å². The van der Waals surface area contributed by atoms with Crippen LogP contribution in [0.4, 0.5) is 0 Å². The van der Waals surface area contributed by atoms with Gasteiger partial charge >= 0.3 is 0 Å². The molecule has 138 valence electrons. The van der Waals surface area contributed by atoms with Crippen molar-refractivity contribution in [2.24, 2.45) is 0 Å². The van der Waals surface area contributed by atoms with Crippen molar-refractivity contribution in [2.75, 3.05) is 13.1 Å². The highest BCUT2D eigenvalue weighted by Gasteiger charge is 2.26. The van der Waals surface area contributed by atoms with Gasteiger partial charge < -0.3 is 15.3 Å². The number of benzene rings is 2. The van der Waals surface area contributed by atoms with Crippen LogP contribution in [0.1, 0.15) is 41.8 Å². The van der Waals surface area contributed by atoms with Crippen LogP contribution in [0.5, 0.6) is 0 Å². The zero-order chi connectivity index (χ0) is 18.5. The molecular weight excluding hydrogens is 348 g/mol. The smallest absolute Gasteiger partial charge is 0.253 e. The molecule has 1 heterocycles. The molecule has 0 radical (unpaired) electrons. The molecule has 0 aliphatic carbocycles. The predicted molar refractivity (Wildman–Crippen MR) is 104 cm³/mol. The summed E-state index contributed by atoms with van der Waals surface area (Å²) in [6.07, 6.45) is 1.22. The van der Waals surface area contributed by atoms with Gasteiger partial charge in [0.25, 0.3) is 5.91 Å². The van der Waals surface area contributed by atoms with Crippen LogP contribution in [0.2, 0.25) is 5.02 Å². The zero-order valence-electron chi connectivity index (χ0n) is 14.9. The van der Waals surface area contributed by atoms with Gasteiger partial charge in [0.2, 0.25) is 0 Å². The van der Waals surface area contributed by atoms with Crippen molar-refractivity contribution < 1.29 is 9.90 Å². The van der Waals surface area contributed by atoms with E-state index in [4.69, 9.17) is 11.6 Å². The number of carbonyl (C=O) groups excluding carboxylic acids is 1. The van der Waals surface area contributed by atoms with E-state index in [1.807, 2.05) is 42.2 Å². The summed E-state index contributed by atoms with van der Waals surface area (Å²) in [4.78, 5) is 14.4. The van der Waals surface area contributed by atoms with E-state index >= 15 is 0 Å². The molecule has 2 aromatic rings. The van der Waals surface area contributed by atoms with Crippen molar-refractivity contribution in [1.29, 1.82) is 0 Å². The van der Waals surface area contributed by atoms with Crippen molar-refractivity contribution in [3.8, 4) is 0 Å². The van der Waals surface area contributed by atoms with E-state index < -0.39 is 6.10 Å². The number of aliphatic hydroxyl groups excluding tert-OH is 1. The predicted octanol–water partition coefficient (Wildman–Crippen LogP) is 3.66. The molecule has 5 heteroatoms. The van der Waals surface area contributed by atoms with Crippen LogP contribution in [-0.2, 0) is 0 Å². The minimum Gasteiger partial charge on any atom is -0.387 e. The lowest BCUT2D eigenvalue weighted by Crippen LogP contribution is -2.48. The molecule has 2 aromatic carbocycles. The van der Waals surface area contributed by atoms with E-state index in [1.165, 1.54) is 0 Å². The van der Waals surface area contributed by atoms with Gasteiger partial charge in [-0.25, -0.2) is 0 Å². The Labute approximate surface area is 159 Å². The summed E-state index contributed by atoms with van der Waals surface area (Å²) in [5.41, 5.74) is 1.59. The molecule has 1 fully saturated rings. The summed E-state index contributed by atoms with van der Waals surface area (Å²) in [7, 11) is 0. The summed E-state index contributed by atoms with van der Waals surface area (Å²) in [5, 5.41) is 14.6. The molecule has 1 aliphatic rings. The fraction of sp³-hybridized carbons (Fsp3) is 0.381. The Hall–Kier alpha value is -1.88. The van der Waals surface area contributed by atoms with Gasteiger partial charge in [-0.1, -0.05) is 41.9 Å². The summed E-state index contributed by atoms with van der Waals surface area (Å²) in [6.45, 7) is 3.43. The Balaban J connectivity index is 1.50. The van der Waals surface area contributed by atoms with Crippen LogP contribution in [-0.4, -0.2) is 41.1 Å². The van der Waals surface area contributed by atoms with Gasteiger partial charge in [-0.05, 0) is 49.6 Å². The van der Waals surface area contributed by atoms with Gasteiger partial charge in [0, 0.05) is 35.8 Å². The van der Waals surface area contributed by atoms with Crippen molar-refractivity contribution in [2.45, 2.75) is 38.0 Å². The maximum atomic E-state index is 12.6. The lowest BCUT2D eigenvalue weighted by atomic mass is 9.99. The third kappa shape index (κ3) is 4.64. The third-order valence-corrected chi connectivity index (χ3v) is 5.24. The zero-order valence-corrected chi connectivity index (χ0v) is 15.7. The van der Waals surface area contributed by atoms with Crippen LogP contribution in [0.25, 0.3) is 0 Å². The van der Waals surface area contributed by atoms with E-state index in [0.29, 0.717) is 29.7 Å². The number of hydrogen-bond donors (Lipinski definition) is 2. The second kappa shape index (κ2) is 8.67. The van der Waals surface area contributed by atoms with E-state index in [2.05, 4.69) is 5.32 Å². The number of hydrogen-bond acceptors (Lipinski definition) is 3. The second-order valence-corrected chi connectivity index (χ2v) is 7.32. The fourth-order valence-corrected chi connectivity index (χ4v) is 3.55. The minimum atomic E-state index is -0.537. The van der Waals surface area contributed by atoms with Crippen molar-refractivity contribution in [3.63, 3.8) is 0 Å². The average Bonchev–Trinajstić information content (AvgIpc) is 2.68. The van der Waals surface area contributed by atoms with Gasteiger partial charge in [0.15, 0.2) is 0 Å². The number of amides is 1. The van der Waals surface area contributed by atoms with Gasteiger partial charge in [-0.2, -0.15) is 0 Å². The van der Waals surface area contributed by atoms with Crippen molar-refractivity contribution in [3.05, 3.63) is 70.7 Å². The number of rotatable bonds is 5. The summed E-state index contributed by atoms with van der Waals surface area (Å²) >= 11 is 5.89. The molecule has 0 aromatic heterocycles. The molecule has 1 aliphatic heterocycles. The Morgan fingerprint density at radius 2 is 1.73 bits per heavy atom. The van der Waals surface area contributed by atoms with Gasteiger partial charge in [0.1, 0.15) is 0 Å². The molecule has 0 spiro atoms. The van der Waals surface area contributed by atoms with Gasteiger partial charge in [-0.3, -0.25) is 4.79 Å². The molecule has 1 amide bonds. The van der Waals surface area contributed by atoms with Crippen LogP contribution in [0, 0.1) is 0 Å². The van der Waals surface area contributed by atoms with Gasteiger partial charge in [0.05, 0.1) is 6.10 Å². The number of halogens is 1. The fourth-order valence-electron chi connectivity index (χ4n) is 3.43. The normalized spacial score (nSPS) is 17.7. The summed E-state index contributed by atoms with van der Waals surface area (Å²) in [6, 6.07) is 17.0. The highest BCUT2D eigenvalue weighted by atomic mass is 35.5. The number of aliphatic hydroxyl groups is 1. The highest BCUT2D eigenvalue weighted by Crippen LogP contribution is 2.20. The lowest BCUT2D eigenvalue weighted by Gasteiger charge is -2.35. The van der Waals surface area contributed by atoms with Crippen LogP contribution < -0.4 is 5.32 Å². The molecule has 3 rings (SSSR count). The van der Waals surface area contributed by atoms with E-state index in [-0.39, 0.29) is 11.9 Å². The molecule has 2 unspecified atom stereocenters. The Morgan fingerprint density at radius 3 is 2.35 bits per heavy atom. The summed E-state index contributed by atoms with van der Waals surface area (Å²) < 4.78 is 0. The first kappa shape index (κ1) is 18.9. The number of likely N-dealkylation sites (tertiary alicyclic amines) is 1. The molecule has 4 nitrogen and oxygen atoms in total.